The first-order valence-corrected chi connectivity index (χ1v) is 5.11. The van der Waals surface area contributed by atoms with Crippen molar-refractivity contribution in [2.75, 3.05) is 26.9 Å². The minimum Gasteiger partial charge on any atom is -0.444 e. The Bertz CT molecular complexity index is 182. The van der Waals surface area contributed by atoms with Gasteiger partial charge in [0.25, 0.3) is 0 Å². The fraction of sp³-hybridized carbons (Fsp3) is 0.900. The SMILES string of the molecule is CNC(=O)OC(C)(C)CCCOCCO. The van der Waals surface area contributed by atoms with Crippen molar-refractivity contribution >= 4 is 6.09 Å². The molecule has 0 aliphatic rings. The third kappa shape index (κ3) is 8.20. The molecule has 2 N–H and O–H groups in total. The number of ether oxygens (including phenoxy) is 2. The van der Waals surface area contributed by atoms with E-state index in [1.165, 1.54) is 7.05 Å². The van der Waals surface area contributed by atoms with E-state index in [1.54, 1.807) is 0 Å². The van der Waals surface area contributed by atoms with Gasteiger partial charge in [0, 0.05) is 13.7 Å². The van der Waals surface area contributed by atoms with E-state index in [0.29, 0.717) is 13.2 Å². The Kier molecular flexibility index (Phi) is 7.07. The lowest BCUT2D eigenvalue weighted by molar-refractivity contribution is 0.0218. The molecule has 0 heterocycles. The van der Waals surface area contributed by atoms with Crippen LogP contribution in [0.4, 0.5) is 4.79 Å². The van der Waals surface area contributed by atoms with E-state index < -0.39 is 11.7 Å². The number of rotatable bonds is 7. The van der Waals surface area contributed by atoms with Gasteiger partial charge in [-0.2, -0.15) is 0 Å². The average molecular weight is 219 g/mol. The highest BCUT2D eigenvalue weighted by atomic mass is 16.6. The fourth-order valence-electron chi connectivity index (χ4n) is 1.12. The van der Waals surface area contributed by atoms with Crippen molar-refractivity contribution in [3.8, 4) is 0 Å². The Morgan fingerprint density at radius 2 is 2.07 bits per heavy atom. The number of hydrogen-bond donors (Lipinski definition) is 2. The lowest BCUT2D eigenvalue weighted by Gasteiger charge is -2.24. The van der Waals surface area contributed by atoms with E-state index in [1.807, 2.05) is 13.8 Å². The molecule has 0 spiro atoms. The molecule has 0 aliphatic carbocycles. The smallest absolute Gasteiger partial charge is 0.407 e. The summed E-state index contributed by atoms with van der Waals surface area (Å²) < 4.78 is 10.2. The van der Waals surface area contributed by atoms with Crippen LogP contribution in [0.25, 0.3) is 0 Å². The van der Waals surface area contributed by atoms with Crippen molar-refractivity contribution in [2.45, 2.75) is 32.3 Å². The van der Waals surface area contributed by atoms with Gasteiger partial charge in [-0.15, -0.1) is 0 Å². The molecule has 0 aromatic carbocycles. The zero-order chi connectivity index (χ0) is 11.7. The summed E-state index contributed by atoms with van der Waals surface area (Å²) in [7, 11) is 1.53. The van der Waals surface area contributed by atoms with Crippen LogP contribution in [0.1, 0.15) is 26.7 Å². The van der Waals surface area contributed by atoms with E-state index in [9.17, 15) is 4.79 Å². The number of nitrogens with one attached hydrogen (secondary N) is 1. The van der Waals surface area contributed by atoms with Crippen LogP contribution in [-0.4, -0.2) is 43.7 Å². The summed E-state index contributed by atoms with van der Waals surface area (Å²) in [5.41, 5.74) is -0.483. The van der Waals surface area contributed by atoms with Crippen LogP contribution in [0.5, 0.6) is 0 Å². The van der Waals surface area contributed by atoms with Crippen LogP contribution >= 0.6 is 0 Å². The van der Waals surface area contributed by atoms with E-state index in [0.717, 1.165) is 12.8 Å². The number of carbonyl (C=O) groups is 1. The monoisotopic (exact) mass is 219 g/mol. The molecule has 5 nitrogen and oxygen atoms in total. The second-order valence-corrected chi connectivity index (χ2v) is 3.84. The second-order valence-electron chi connectivity index (χ2n) is 3.84. The molecule has 0 rings (SSSR count). The number of aliphatic hydroxyl groups is 1. The van der Waals surface area contributed by atoms with Crippen LogP contribution in [0.2, 0.25) is 0 Å². The van der Waals surface area contributed by atoms with Crippen molar-refractivity contribution in [1.82, 2.24) is 5.32 Å². The largest absolute Gasteiger partial charge is 0.444 e. The minimum absolute atomic E-state index is 0.0398. The molecule has 0 unspecified atom stereocenters. The number of aliphatic hydroxyl groups excluding tert-OH is 1. The van der Waals surface area contributed by atoms with Crippen molar-refractivity contribution in [1.29, 1.82) is 0 Å². The van der Waals surface area contributed by atoms with Gasteiger partial charge in [0.05, 0.1) is 13.2 Å². The molecule has 0 saturated heterocycles. The normalized spacial score (nSPS) is 11.2. The first-order chi connectivity index (χ1) is 7.02. The summed E-state index contributed by atoms with van der Waals surface area (Å²) in [5, 5.41) is 10.9. The molecule has 0 saturated carbocycles. The maximum absolute atomic E-state index is 11.0. The summed E-state index contributed by atoms with van der Waals surface area (Å²) >= 11 is 0. The molecule has 1 amide bonds. The van der Waals surface area contributed by atoms with Crippen molar-refractivity contribution in [3.63, 3.8) is 0 Å². The third-order valence-electron chi connectivity index (χ3n) is 1.88. The molecule has 0 bridgehead atoms. The van der Waals surface area contributed by atoms with Crippen molar-refractivity contribution in [2.24, 2.45) is 0 Å². The predicted octanol–water partition coefficient (Wildman–Crippen LogP) is 0.910. The standard InChI is InChI=1S/C10H21NO4/c1-10(2,15-9(13)11-3)5-4-7-14-8-6-12/h12H,4-8H2,1-3H3,(H,11,13). The predicted molar refractivity (Wildman–Crippen MR) is 56.8 cm³/mol. The Morgan fingerprint density at radius 1 is 1.40 bits per heavy atom. The summed E-state index contributed by atoms with van der Waals surface area (Å²) in [6, 6.07) is 0. The van der Waals surface area contributed by atoms with Gasteiger partial charge in [-0.3, -0.25) is 0 Å². The number of amides is 1. The molecule has 0 radical (unpaired) electrons. The zero-order valence-electron chi connectivity index (χ0n) is 9.71. The lowest BCUT2D eigenvalue weighted by Crippen LogP contribution is -2.33. The van der Waals surface area contributed by atoms with E-state index in [2.05, 4.69) is 5.32 Å². The van der Waals surface area contributed by atoms with Gasteiger partial charge < -0.3 is 19.9 Å². The highest BCUT2D eigenvalue weighted by Gasteiger charge is 2.21. The van der Waals surface area contributed by atoms with Gasteiger partial charge in [-0.05, 0) is 26.7 Å². The highest BCUT2D eigenvalue weighted by Crippen LogP contribution is 2.16. The Balaban J connectivity index is 3.59. The maximum atomic E-state index is 11.0. The molecule has 0 fully saturated rings. The Labute approximate surface area is 90.8 Å². The highest BCUT2D eigenvalue weighted by molar-refractivity contribution is 5.67. The minimum atomic E-state index is -0.483. The van der Waals surface area contributed by atoms with E-state index >= 15 is 0 Å². The van der Waals surface area contributed by atoms with Gasteiger partial charge in [0.2, 0.25) is 0 Å². The number of carbonyl (C=O) groups excluding carboxylic acids is 1. The number of alkyl carbamates (subject to hydrolysis) is 1. The quantitative estimate of drug-likeness (QED) is 0.624. The second kappa shape index (κ2) is 7.48. The van der Waals surface area contributed by atoms with Gasteiger partial charge >= 0.3 is 6.09 Å². The van der Waals surface area contributed by atoms with Gasteiger partial charge in [-0.1, -0.05) is 0 Å². The average Bonchev–Trinajstić information content (AvgIpc) is 2.16. The van der Waals surface area contributed by atoms with Crippen molar-refractivity contribution in [3.05, 3.63) is 0 Å². The van der Waals surface area contributed by atoms with Crippen LogP contribution in [-0.2, 0) is 9.47 Å². The zero-order valence-corrected chi connectivity index (χ0v) is 9.71. The Morgan fingerprint density at radius 3 is 2.60 bits per heavy atom. The van der Waals surface area contributed by atoms with Crippen LogP contribution in [0, 0.1) is 0 Å². The first-order valence-electron chi connectivity index (χ1n) is 5.11. The molecule has 0 aromatic rings. The topological polar surface area (TPSA) is 67.8 Å². The third-order valence-corrected chi connectivity index (χ3v) is 1.88. The number of hydrogen-bond acceptors (Lipinski definition) is 4. The maximum Gasteiger partial charge on any atom is 0.407 e. The van der Waals surface area contributed by atoms with Crippen LogP contribution in [0.15, 0.2) is 0 Å². The van der Waals surface area contributed by atoms with Crippen molar-refractivity contribution < 1.29 is 19.4 Å². The summed E-state index contributed by atoms with van der Waals surface area (Å²) in [6.45, 7) is 4.68. The van der Waals surface area contributed by atoms with Gasteiger partial charge in [0.15, 0.2) is 0 Å². The first kappa shape index (κ1) is 14.2. The van der Waals surface area contributed by atoms with Gasteiger partial charge in [0.1, 0.15) is 5.60 Å². The lowest BCUT2D eigenvalue weighted by atomic mass is 10.0. The molecule has 0 atom stereocenters. The molecule has 90 valence electrons. The summed E-state index contributed by atoms with van der Waals surface area (Å²) in [4.78, 5) is 11.0. The fourth-order valence-corrected chi connectivity index (χ4v) is 1.12. The Hall–Kier alpha value is -0.810. The summed E-state index contributed by atoms with van der Waals surface area (Å²) in [6.07, 6.45) is 1.10. The molecule has 15 heavy (non-hydrogen) atoms. The summed E-state index contributed by atoms with van der Waals surface area (Å²) in [5.74, 6) is 0. The molecular formula is C10H21NO4. The van der Waals surface area contributed by atoms with E-state index in [-0.39, 0.29) is 6.61 Å². The van der Waals surface area contributed by atoms with Gasteiger partial charge in [-0.25, -0.2) is 4.79 Å². The molecule has 0 aromatic heterocycles. The van der Waals surface area contributed by atoms with Crippen LogP contribution < -0.4 is 5.32 Å². The molecule has 5 heteroatoms. The van der Waals surface area contributed by atoms with E-state index in [4.69, 9.17) is 14.6 Å². The molecular weight excluding hydrogens is 198 g/mol. The molecule has 0 aliphatic heterocycles. The van der Waals surface area contributed by atoms with Crippen LogP contribution in [0.3, 0.4) is 0 Å².